The predicted molar refractivity (Wildman–Crippen MR) is 82.4 cm³/mol. The SMILES string of the molecule is C=CC(=O)OC(CC)CCCCCOc1ccc(O)cc1. The van der Waals surface area contributed by atoms with Crippen LogP contribution in [-0.2, 0) is 9.53 Å². The van der Waals surface area contributed by atoms with Gasteiger partial charge in [0.1, 0.15) is 17.6 Å². The zero-order chi connectivity index (χ0) is 15.5. The van der Waals surface area contributed by atoms with Gasteiger partial charge in [0.05, 0.1) is 6.61 Å². The van der Waals surface area contributed by atoms with Crippen molar-refractivity contribution < 1.29 is 19.4 Å². The van der Waals surface area contributed by atoms with Crippen LogP contribution in [0.5, 0.6) is 11.5 Å². The van der Waals surface area contributed by atoms with Gasteiger partial charge in [-0.2, -0.15) is 0 Å². The zero-order valence-corrected chi connectivity index (χ0v) is 12.6. The second-order valence-electron chi connectivity index (χ2n) is 4.86. The molecule has 0 spiro atoms. The van der Waals surface area contributed by atoms with E-state index in [-0.39, 0.29) is 17.8 Å². The quantitative estimate of drug-likeness (QED) is 0.404. The third-order valence-corrected chi connectivity index (χ3v) is 3.18. The first-order valence-corrected chi connectivity index (χ1v) is 7.40. The van der Waals surface area contributed by atoms with E-state index in [2.05, 4.69) is 6.58 Å². The van der Waals surface area contributed by atoms with E-state index in [0.29, 0.717) is 6.61 Å². The summed E-state index contributed by atoms with van der Waals surface area (Å²) in [6.45, 7) is 6.05. The first-order chi connectivity index (χ1) is 10.2. The van der Waals surface area contributed by atoms with Gasteiger partial charge < -0.3 is 14.6 Å². The standard InChI is InChI=1S/C17H24O4/c1-3-15(21-17(19)4-2)8-6-5-7-13-20-16-11-9-14(18)10-12-16/h4,9-12,15,18H,2-3,5-8,13H2,1H3. The van der Waals surface area contributed by atoms with E-state index in [9.17, 15) is 4.79 Å². The highest BCUT2D eigenvalue weighted by Gasteiger charge is 2.09. The second-order valence-corrected chi connectivity index (χ2v) is 4.86. The van der Waals surface area contributed by atoms with Gasteiger partial charge in [-0.05, 0) is 56.4 Å². The minimum absolute atomic E-state index is 0.0199. The number of esters is 1. The molecule has 21 heavy (non-hydrogen) atoms. The maximum atomic E-state index is 11.1. The van der Waals surface area contributed by atoms with E-state index >= 15 is 0 Å². The lowest BCUT2D eigenvalue weighted by Gasteiger charge is -2.14. The van der Waals surface area contributed by atoms with E-state index < -0.39 is 0 Å². The topological polar surface area (TPSA) is 55.8 Å². The lowest BCUT2D eigenvalue weighted by atomic mass is 10.1. The molecule has 0 radical (unpaired) electrons. The van der Waals surface area contributed by atoms with E-state index in [0.717, 1.165) is 37.9 Å². The molecule has 116 valence electrons. The van der Waals surface area contributed by atoms with Crippen molar-refractivity contribution in [1.29, 1.82) is 0 Å². The molecule has 4 heteroatoms. The Hall–Kier alpha value is -1.97. The molecule has 1 N–H and O–H groups in total. The van der Waals surface area contributed by atoms with E-state index in [1.807, 2.05) is 6.92 Å². The summed E-state index contributed by atoms with van der Waals surface area (Å²) in [6, 6.07) is 6.71. The van der Waals surface area contributed by atoms with Gasteiger partial charge >= 0.3 is 5.97 Å². The van der Waals surface area contributed by atoms with Crippen LogP contribution in [0.25, 0.3) is 0 Å². The van der Waals surface area contributed by atoms with Crippen molar-refractivity contribution >= 4 is 5.97 Å². The third-order valence-electron chi connectivity index (χ3n) is 3.18. The molecule has 0 amide bonds. The molecule has 0 fully saturated rings. The summed E-state index contributed by atoms with van der Waals surface area (Å²) in [5.74, 6) is 0.652. The van der Waals surface area contributed by atoms with Gasteiger partial charge in [0.2, 0.25) is 0 Å². The summed E-state index contributed by atoms with van der Waals surface area (Å²) in [7, 11) is 0. The molecule has 1 rings (SSSR count). The maximum absolute atomic E-state index is 11.1. The molecule has 1 atom stereocenters. The Bertz CT molecular complexity index is 425. The number of unbranched alkanes of at least 4 members (excludes halogenated alkanes) is 2. The number of phenolic OH excluding ortho intramolecular Hbond substituents is 1. The molecule has 1 aromatic carbocycles. The summed E-state index contributed by atoms with van der Waals surface area (Å²) < 4.78 is 10.8. The number of ether oxygens (including phenoxy) is 2. The predicted octanol–water partition coefficient (Wildman–Crippen LogP) is 3.84. The number of carbonyl (C=O) groups excluding carboxylic acids is 1. The van der Waals surface area contributed by atoms with Crippen molar-refractivity contribution in [2.75, 3.05) is 6.61 Å². The Balaban J connectivity index is 2.09. The van der Waals surface area contributed by atoms with Crippen LogP contribution in [0.15, 0.2) is 36.9 Å². The molecule has 0 saturated heterocycles. The number of carbonyl (C=O) groups is 1. The average molecular weight is 292 g/mol. The van der Waals surface area contributed by atoms with Crippen molar-refractivity contribution in [3.05, 3.63) is 36.9 Å². The number of phenols is 1. The van der Waals surface area contributed by atoms with Crippen molar-refractivity contribution in [1.82, 2.24) is 0 Å². The molecule has 0 aliphatic rings. The van der Waals surface area contributed by atoms with Gasteiger partial charge in [0.25, 0.3) is 0 Å². The van der Waals surface area contributed by atoms with Crippen LogP contribution in [0, 0.1) is 0 Å². The molecular weight excluding hydrogens is 268 g/mol. The molecule has 1 aromatic rings. The maximum Gasteiger partial charge on any atom is 0.330 e. The Morgan fingerprint density at radius 2 is 2.00 bits per heavy atom. The molecule has 0 saturated carbocycles. The van der Waals surface area contributed by atoms with Crippen LogP contribution in [0.2, 0.25) is 0 Å². The smallest absolute Gasteiger partial charge is 0.330 e. The highest BCUT2D eigenvalue weighted by atomic mass is 16.5. The van der Waals surface area contributed by atoms with E-state index in [1.165, 1.54) is 6.08 Å². The fourth-order valence-electron chi connectivity index (χ4n) is 1.94. The van der Waals surface area contributed by atoms with Crippen LogP contribution < -0.4 is 4.74 Å². The Morgan fingerprint density at radius 1 is 1.29 bits per heavy atom. The largest absolute Gasteiger partial charge is 0.508 e. The summed E-state index contributed by atoms with van der Waals surface area (Å²) in [6.07, 6.45) is 5.86. The first-order valence-electron chi connectivity index (χ1n) is 7.40. The zero-order valence-electron chi connectivity index (χ0n) is 12.6. The third kappa shape index (κ3) is 7.40. The lowest BCUT2D eigenvalue weighted by molar-refractivity contribution is -0.143. The average Bonchev–Trinajstić information content (AvgIpc) is 2.50. The number of benzene rings is 1. The highest BCUT2D eigenvalue weighted by Crippen LogP contribution is 2.16. The second kappa shape index (κ2) is 9.86. The first kappa shape index (κ1) is 17.1. The molecule has 0 aliphatic heterocycles. The molecule has 4 nitrogen and oxygen atoms in total. The van der Waals surface area contributed by atoms with Crippen molar-refractivity contribution in [3.63, 3.8) is 0 Å². The van der Waals surface area contributed by atoms with Crippen molar-refractivity contribution in [2.24, 2.45) is 0 Å². The Morgan fingerprint density at radius 3 is 2.62 bits per heavy atom. The van der Waals surface area contributed by atoms with Gasteiger partial charge in [0, 0.05) is 6.08 Å². The molecule has 0 bridgehead atoms. The van der Waals surface area contributed by atoms with Gasteiger partial charge in [0.15, 0.2) is 0 Å². The van der Waals surface area contributed by atoms with Gasteiger partial charge in [-0.15, -0.1) is 0 Å². The molecule has 0 heterocycles. The van der Waals surface area contributed by atoms with Gasteiger partial charge in [-0.3, -0.25) is 0 Å². The van der Waals surface area contributed by atoms with Crippen LogP contribution in [-0.4, -0.2) is 23.8 Å². The minimum Gasteiger partial charge on any atom is -0.508 e. The van der Waals surface area contributed by atoms with E-state index in [4.69, 9.17) is 14.6 Å². The highest BCUT2D eigenvalue weighted by molar-refractivity contribution is 5.81. The van der Waals surface area contributed by atoms with Gasteiger partial charge in [-0.25, -0.2) is 4.79 Å². The normalized spacial score (nSPS) is 11.7. The molecular formula is C17H24O4. The van der Waals surface area contributed by atoms with Crippen LogP contribution >= 0.6 is 0 Å². The fourth-order valence-corrected chi connectivity index (χ4v) is 1.94. The number of rotatable bonds is 10. The summed E-state index contributed by atoms with van der Waals surface area (Å²) in [5, 5.41) is 9.16. The summed E-state index contributed by atoms with van der Waals surface area (Å²) >= 11 is 0. The molecule has 0 aromatic heterocycles. The minimum atomic E-state index is -0.350. The summed E-state index contributed by atoms with van der Waals surface area (Å²) in [5.41, 5.74) is 0. The van der Waals surface area contributed by atoms with E-state index in [1.54, 1.807) is 24.3 Å². The Kier molecular flexibility index (Phi) is 8.02. The number of hydrogen-bond donors (Lipinski definition) is 1. The monoisotopic (exact) mass is 292 g/mol. The summed E-state index contributed by atoms with van der Waals surface area (Å²) in [4.78, 5) is 11.1. The van der Waals surface area contributed by atoms with Gasteiger partial charge in [-0.1, -0.05) is 13.5 Å². The van der Waals surface area contributed by atoms with Crippen molar-refractivity contribution in [2.45, 2.75) is 45.1 Å². The fraction of sp³-hybridized carbons (Fsp3) is 0.471. The molecule has 1 unspecified atom stereocenters. The van der Waals surface area contributed by atoms with Crippen LogP contribution in [0.1, 0.15) is 39.0 Å². The number of aromatic hydroxyl groups is 1. The Labute approximate surface area is 126 Å². The number of hydrogen-bond acceptors (Lipinski definition) is 4. The van der Waals surface area contributed by atoms with Crippen LogP contribution in [0.4, 0.5) is 0 Å². The van der Waals surface area contributed by atoms with Crippen LogP contribution in [0.3, 0.4) is 0 Å². The van der Waals surface area contributed by atoms with Crippen molar-refractivity contribution in [3.8, 4) is 11.5 Å². The molecule has 0 aliphatic carbocycles. The lowest BCUT2D eigenvalue weighted by Crippen LogP contribution is -2.15.